The van der Waals surface area contributed by atoms with Crippen LogP contribution in [0.5, 0.6) is 5.75 Å². The van der Waals surface area contributed by atoms with Gasteiger partial charge in [-0.3, -0.25) is 9.59 Å². The Hall–Kier alpha value is -4.37. The number of hydrogen-bond donors (Lipinski definition) is 3. The molecular formula is C32H29F3N2O4. The number of anilines is 2. The predicted octanol–water partition coefficient (Wildman–Crippen LogP) is 6.37. The third kappa shape index (κ3) is 6.86. The number of fused-ring (bicyclic) bond motifs is 1. The number of benzene rings is 3. The highest BCUT2D eigenvalue weighted by atomic mass is 19.4. The van der Waals surface area contributed by atoms with Gasteiger partial charge in [-0.2, -0.15) is 13.2 Å². The number of amides is 2. The second-order valence-electron chi connectivity index (χ2n) is 10.7. The molecule has 5 rings (SSSR count). The molecule has 6 nitrogen and oxygen atoms in total. The summed E-state index contributed by atoms with van der Waals surface area (Å²) in [5.74, 6) is -0.307. The fraction of sp³-hybridized carbons (Fsp3) is 0.250. The van der Waals surface area contributed by atoms with E-state index in [1.165, 1.54) is 24.3 Å². The maximum Gasteiger partial charge on any atom is 0.416 e. The lowest BCUT2D eigenvalue weighted by Gasteiger charge is -2.23. The van der Waals surface area contributed by atoms with Gasteiger partial charge in [0.1, 0.15) is 11.9 Å². The van der Waals surface area contributed by atoms with E-state index in [1.807, 2.05) is 24.3 Å². The third-order valence-electron chi connectivity index (χ3n) is 7.26. The Morgan fingerprint density at radius 1 is 1.10 bits per heavy atom. The van der Waals surface area contributed by atoms with Crippen LogP contribution in [0.25, 0.3) is 5.57 Å². The smallest absolute Gasteiger partial charge is 0.416 e. The molecule has 212 valence electrons. The van der Waals surface area contributed by atoms with Gasteiger partial charge in [-0.25, -0.2) is 0 Å². The van der Waals surface area contributed by atoms with E-state index >= 15 is 0 Å². The number of carbonyl (C=O) groups excluding carboxylic acids is 2. The lowest BCUT2D eigenvalue weighted by molar-refractivity contribution is -0.137. The number of halogens is 3. The Balaban J connectivity index is 1.39. The van der Waals surface area contributed by atoms with Crippen molar-refractivity contribution in [3.05, 3.63) is 107 Å². The molecule has 1 heterocycles. The highest BCUT2D eigenvalue weighted by Gasteiger charge is 2.38. The topological polar surface area (TPSA) is 87.7 Å². The quantitative estimate of drug-likeness (QED) is 0.220. The number of hydrogen-bond acceptors (Lipinski definition) is 4. The van der Waals surface area contributed by atoms with Crippen molar-refractivity contribution in [1.29, 1.82) is 0 Å². The first kappa shape index (κ1) is 28.2. The van der Waals surface area contributed by atoms with Crippen molar-refractivity contribution in [2.24, 2.45) is 5.41 Å². The molecular weight excluding hydrogens is 533 g/mol. The van der Waals surface area contributed by atoms with Gasteiger partial charge in [-0.15, -0.1) is 0 Å². The lowest BCUT2D eigenvalue weighted by Crippen LogP contribution is -2.34. The van der Waals surface area contributed by atoms with Crippen LogP contribution < -0.4 is 15.4 Å². The molecule has 0 aromatic heterocycles. The van der Waals surface area contributed by atoms with Crippen molar-refractivity contribution in [1.82, 2.24) is 0 Å². The van der Waals surface area contributed by atoms with Crippen molar-refractivity contribution in [3.8, 4) is 5.75 Å². The summed E-state index contributed by atoms with van der Waals surface area (Å²) in [6.07, 6.45) is 1.10. The number of aliphatic hydroxyl groups excluding tert-OH is 1. The van der Waals surface area contributed by atoms with Gasteiger partial charge in [-0.05, 0) is 65.9 Å². The van der Waals surface area contributed by atoms with Crippen LogP contribution in [0.1, 0.15) is 42.0 Å². The van der Waals surface area contributed by atoms with Gasteiger partial charge in [0.05, 0.1) is 12.2 Å². The standard InChI is InChI=1S/C32H29F3N2O4/c1-31(15-16-31)19-41-23-6-2-5-21(17-23)24(20-11-13-22(14-12-20)32(33,34)35)7-3-10-29(39)36-26-8-4-9-27-25(26)18-28(38)30(40)37-27/h2-14,17,28,38H,15-16,18-19H2,1H3,(H,36,39)(H,37,40)/b10-3+,24-7+. The minimum absolute atomic E-state index is 0.0663. The van der Waals surface area contributed by atoms with Crippen molar-refractivity contribution in [2.75, 3.05) is 17.2 Å². The molecule has 0 saturated heterocycles. The largest absolute Gasteiger partial charge is 0.493 e. The first-order valence-corrected chi connectivity index (χ1v) is 13.2. The average molecular weight is 563 g/mol. The molecule has 1 fully saturated rings. The van der Waals surface area contributed by atoms with Crippen LogP contribution in [0.15, 0.2) is 85.0 Å². The molecule has 1 atom stereocenters. The fourth-order valence-electron chi connectivity index (χ4n) is 4.52. The van der Waals surface area contributed by atoms with Crippen LogP contribution in [0.3, 0.4) is 0 Å². The molecule has 1 aliphatic heterocycles. The summed E-state index contributed by atoms with van der Waals surface area (Å²) in [5.41, 5.74) is 2.87. The Morgan fingerprint density at radius 2 is 1.83 bits per heavy atom. The first-order chi connectivity index (χ1) is 19.5. The van der Waals surface area contributed by atoms with E-state index in [0.717, 1.165) is 30.5 Å². The average Bonchev–Trinajstić information content (AvgIpc) is 3.68. The van der Waals surface area contributed by atoms with Crippen LogP contribution in [0.4, 0.5) is 24.5 Å². The second-order valence-corrected chi connectivity index (χ2v) is 10.7. The van der Waals surface area contributed by atoms with Crippen molar-refractivity contribution in [3.63, 3.8) is 0 Å². The van der Waals surface area contributed by atoms with Gasteiger partial charge < -0.3 is 20.5 Å². The Morgan fingerprint density at radius 3 is 2.54 bits per heavy atom. The molecule has 1 unspecified atom stereocenters. The minimum Gasteiger partial charge on any atom is -0.493 e. The zero-order valence-corrected chi connectivity index (χ0v) is 22.3. The Bertz CT molecular complexity index is 1520. The van der Waals surface area contributed by atoms with E-state index in [2.05, 4.69) is 17.6 Å². The summed E-state index contributed by atoms with van der Waals surface area (Å²) >= 11 is 0. The van der Waals surface area contributed by atoms with Crippen molar-refractivity contribution in [2.45, 2.75) is 38.5 Å². The zero-order chi connectivity index (χ0) is 29.2. The maximum absolute atomic E-state index is 13.2. The van der Waals surface area contributed by atoms with Gasteiger partial charge in [0, 0.05) is 34.9 Å². The molecule has 0 radical (unpaired) electrons. The highest BCUT2D eigenvalue weighted by Crippen LogP contribution is 2.45. The molecule has 0 bridgehead atoms. The lowest BCUT2D eigenvalue weighted by atomic mass is 9.96. The Labute approximate surface area is 235 Å². The van der Waals surface area contributed by atoms with E-state index in [1.54, 1.807) is 24.3 Å². The molecule has 9 heteroatoms. The maximum atomic E-state index is 13.2. The summed E-state index contributed by atoms with van der Waals surface area (Å²) in [4.78, 5) is 24.5. The summed E-state index contributed by atoms with van der Waals surface area (Å²) in [6.45, 7) is 2.74. The number of ether oxygens (including phenoxy) is 1. The number of rotatable bonds is 8. The molecule has 3 aromatic carbocycles. The van der Waals surface area contributed by atoms with Crippen LogP contribution in [0.2, 0.25) is 0 Å². The molecule has 2 aliphatic rings. The third-order valence-corrected chi connectivity index (χ3v) is 7.26. The van der Waals surface area contributed by atoms with Gasteiger partial charge in [0.15, 0.2) is 0 Å². The summed E-state index contributed by atoms with van der Waals surface area (Å²) in [7, 11) is 0. The summed E-state index contributed by atoms with van der Waals surface area (Å²) in [5, 5.41) is 15.3. The molecule has 3 N–H and O–H groups in total. The number of alkyl halides is 3. The van der Waals surface area contributed by atoms with Crippen LogP contribution in [-0.2, 0) is 22.2 Å². The SMILES string of the molecule is CC1(COc2cccc(/C(=C/C=C/C(=O)Nc3cccc4c3CC(O)C(=O)N4)c3ccc(C(F)(F)F)cc3)c2)CC1. The van der Waals surface area contributed by atoms with Crippen molar-refractivity contribution >= 4 is 28.8 Å². The second kappa shape index (κ2) is 11.2. The predicted molar refractivity (Wildman–Crippen MR) is 150 cm³/mol. The Kier molecular flexibility index (Phi) is 7.73. The molecule has 3 aromatic rings. The molecule has 1 saturated carbocycles. The van der Waals surface area contributed by atoms with E-state index in [0.29, 0.717) is 40.4 Å². The van der Waals surface area contributed by atoms with E-state index in [4.69, 9.17) is 4.74 Å². The van der Waals surface area contributed by atoms with E-state index in [-0.39, 0.29) is 11.8 Å². The number of aliphatic hydroxyl groups is 1. The molecule has 41 heavy (non-hydrogen) atoms. The van der Waals surface area contributed by atoms with Gasteiger partial charge in [0.2, 0.25) is 5.91 Å². The van der Waals surface area contributed by atoms with Crippen LogP contribution in [-0.4, -0.2) is 29.6 Å². The van der Waals surface area contributed by atoms with E-state index in [9.17, 15) is 27.9 Å². The highest BCUT2D eigenvalue weighted by molar-refractivity contribution is 6.03. The monoisotopic (exact) mass is 562 g/mol. The molecule has 0 spiro atoms. The molecule has 1 aliphatic carbocycles. The number of carbonyl (C=O) groups is 2. The normalized spacial score (nSPS) is 18.0. The van der Waals surface area contributed by atoms with Gasteiger partial charge in [-0.1, -0.05) is 49.4 Å². The molecule has 2 amide bonds. The van der Waals surface area contributed by atoms with Gasteiger partial charge >= 0.3 is 6.18 Å². The van der Waals surface area contributed by atoms with Crippen LogP contribution >= 0.6 is 0 Å². The number of nitrogens with one attached hydrogen (secondary N) is 2. The number of allylic oxidation sites excluding steroid dienone is 2. The summed E-state index contributed by atoms with van der Waals surface area (Å²) < 4.78 is 45.5. The van der Waals surface area contributed by atoms with Gasteiger partial charge in [0.25, 0.3) is 5.91 Å². The van der Waals surface area contributed by atoms with Crippen molar-refractivity contribution < 1.29 is 32.6 Å². The van der Waals surface area contributed by atoms with E-state index < -0.39 is 29.7 Å². The fourth-order valence-corrected chi connectivity index (χ4v) is 4.52. The zero-order valence-electron chi connectivity index (χ0n) is 22.3. The summed E-state index contributed by atoms with van der Waals surface area (Å²) in [6, 6.07) is 17.2. The first-order valence-electron chi connectivity index (χ1n) is 13.2. The minimum atomic E-state index is -4.46. The van der Waals surface area contributed by atoms with Crippen LogP contribution in [0, 0.1) is 5.41 Å².